The quantitative estimate of drug-likeness (QED) is 0.682. The number of thiophene rings is 1. The molecule has 3 aromatic heterocycles. The van der Waals surface area contributed by atoms with Crippen molar-refractivity contribution in [3.8, 4) is 9.88 Å². The first-order chi connectivity index (χ1) is 11.7. The Hall–Kier alpha value is -2.05. The molecule has 0 saturated heterocycles. The molecule has 4 rings (SSSR count). The number of aryl methyl sites for hydroxylation is 1. The zero-order chi connectivity index (χ0) is 16.5. The van der Waals surface area contributed by atoms with Crippen LogP contribution in [-0.2, 0) is 6.54 Å². The maximum absolute atomic E-state index is 13.1. The second-order valence-electron chi connectivity index (χ2n) is 5.93. The van der Waals surface area contributed by atoms with Crippen LogP contribution in [0.3, 0.4) is 0 Å². The largest absolute Gasteiger partial charge is 0.331 e. The molecule has 1 aliphatic rings. The standard InChI is InChI=1S/C18H17N3OS2/c1-12-16(24-17(20-12)15-3-2-10-23-15)18(22)21(14-4-5-14)11-13-6-8-19-9-7-13/h2-3,6-10,14H,4-5,11H2,1H3. The number of aromatic nitrogens is 2. The lowest BCUT2D eigenvalue weighted by Gasteiger charge is -2.22. The molecule has 6 heteroatoms. The minimum atomic E-state index is 0.104. The average molecular weight is 355 g/mol. The topological polar surface area (TPSA) is 46.1 Å². The van der Waals surface area contributed by atoms with Crippen molar-refractivity contribution < 1.29 is 4.79 Å². The first-order valence-electron chi connectivity index (χ1n) is 7.93. The zero-order valence-electron chi connectivity index (χ0n) is 13.3. The van der Waals surface area contributed by atoms with Crippen molar-refractivity contribution in [3.05, 3.63) is 58.2 Å². The molecule has 0 aliphatic heterocycles. The van der Waals surface area contributed by atoms with Gasteiger partial charge in [0.1, 0.15) is 9.88 Å². The monoisotopic (exact) mass is 355 g/mol. The van der Waals surface area contributed by atoms with Crippen molar-refractivity contribution in [2.75, 3.05) is 0 Å². The summed E-state index contributed by atoms with van der Waals surface area (Å²) in [7, 11) is 0. The number of thiazole rings is 1. The number of hydrogen-bond acceptors (Lipinski definition) is 5. The van der Waals surface area contributed by atoms with E-state index in [1.54, 1.807) is 23.7 Å². The number of carbonyl (C=O) groups is 1. The Balaban J connectivity index is 1.61. The van der Waals surface area contributed by atoms with Gasteiger partial charge < -0.3 is 4.90 Å². The first-order valence-corrected chi connectivity index (χ1v) is 9.63. The van der Waals surface area contributed by atoms with E-state index in [9.17, 15) is 4.79 Å². The number of pyridine rings is 1. The summed E-state index contributed by atoms with van der Waals surface area (Å²) in [6.45, 7) is 2.57. The van der Waals surface area contributed by atoms with Crippen LogP contribution in [0.1, 0.15) is 33.8 Å². The van der Waals surface area contributed by atoms with E-state index in [2.05, 4.69) is 9.97 Å². The summed E-state index contributed by atoms with van der Waals surface area (Å²) in [5.74, 6) is 0.104. The summed E-state index contributed by atoms with van der Waals surface area (Å²) in [4.78, 5) is 25.7. The van der Waals surface area contributed by atoms with Gasteiger partial charge in [-0.3, -0.25) is 9.78 Å². The second kappa shape index (κ2) is 6.45. The van der Waals surface area contributed by atoms with E-state index in [0.29, 0.717) is 12.6 Å². The van der Waals surface area contributed by atoms with Gasteiger partial charge in [-0.15, -0.1) is 22.7 Å². The van der Waals surface area contributed by atoms with Crippen molar-refractivity contribution in [2.45, 2.75) is 32.4 Å². The lowest BCUT2D eigenvalue weighted by atomic mass is 10.2. The zero-order valence-corrected chi connectivity index (χ0v) is 14.9. The summed E-state index contributed by atoms with van der Waals surface area (Å²) in [5.41, 5.74) is 1.94. The van der Waals surface area contributed by atoms with Gasteiger partial charge in [0.2, 0.25) is 0 Å². The highest BCUT2D eigenvalue weighted by Crippen LogP contribution is 2.35. The van der Waals surface area contributed by atoms with Crippen molar-refractivity contribution >= 4 is 28.6 Å². The van der Waals surface area contributed by atoms with Crippen LogP contribution in [0.25, 0.3) is 9.88 Å². The van der Waals surface area contributed by atoms with Crippen LogP contribution in [0.2, 0.25) is 0 Å². The van der Waals surface area contributed by atoms with Crippen molar-refractivity contribution in [3.63, 3.8) is 0 Å². The summed E-state index contributed by atoms with van der Waals surface area (Å²) in [6, 6.07) is 8.36. The highest BCUT2D eigenvalue weighted by Gasteiger charge is 2.34. The lowest BCUT2D eigenvalue weighted by Crippen LogP contribution is -2.32. The third kappa shape index (κ3) is 3.12. The van der Waals surface area contributed by atoms with E-state index in [1.165, 1.54) is 11.3 Å². The van der Waals surface area contributed by atoms with Crippen molar-refractivity contribution in [1.82, 2.24) is 14.9 Å². The maximum atomic E-state index is 13.1. The van der Waals surface area contributed by atoms with Crippen LogP contribution in [0.5, 0.6) is 0 Å². The Kier molecular flexibility index (Phi) is 4.16. The number of nitrogens with zero attached hydrogens (tertiary/aromatic N) is 3. The molecular weight excluding hydrogens is 338 g/mol. The normalized spacial score (nSPS) is 13.9. The van der Waals surface area contributed by atoms with E-state index >= 15 is 0 Å². The molecule has 3 heterocycles. The molecule has 0 radical (unpaired) electrons. The predicted octanol–water partition coefficient (Wildman–Crippen LogP) is 4.38. The Bertz CT molecular complexity index is 839. The van der Waals surface area contributed by atoms with Crippen LogP contribution in [-0.4, -0.2) is 26.8 Å². The van der Waals surface area contributed by atoms with Crippen LogP contribution < -0.4 is 0 Å². The molecule has 1 fully saturated rings. The van der Waals surface area contributed by atoms with E-state index in [4.69, 9.17) is 0 Å². The molecule has 0 spiro atoms. The van der Waals surface area contributed by atoms with Gasteiger partial charge in [0, 0.05) is 25.0 Å². The number of rotatable bonds is 5. The third-order valence-corrected chi connectivity index (χ3v) is 6.26. The van der Waals surface area contributed by atoms with E-state index in [1.807, 2.05) is 41.5 Å². The molecule has 4 nitrogen and oxygen atoms in total. The Labute approximate surface area is 148 Å². The minimum absolute atomic E-state index is 0.104. The molecule has 122 valence electrons. The molecule has 0 aromatic carbocycles. The average Bonchev–Trinajstić information content (AvgIpc) is 3.14. The molecule has 0 unspecified atom stereocenters. The van der Waals surface area contributed by atoms with E-state index in [0.717, 1.165) is 38.9 Å². The highest BCUT2D eigenvalue weighted by atomic mass is 32.1. The van der Waals surface area contributed by atoms with E-state index in [-0.39, 0.29) is 5.91 Å². The molecule has 1 saturated carbocycles. The van der Waals surface area contributed by atoms with Gasteiger partial charge in [-0.05, 0) is 48.9 Å². The fraction of sp³-hybridized carbons (Fsp3) is 0.278. The van der Waals surface area contributed by atoms with Gasteiger partial charge in [0.05, 0.1) is 10.6 Å². The molecule has 1 aliphatic carbocycles. The highest BCUT2D eigenvalue weighted by molar-refractivity contribution is 7.22. The van der Waals surface area contributed by atoms with Gasteiger partial charge in [-0.2, -0.15) is 0 Å². The summed E-state index contributed by atoms with van der Waals surface area (Å²) < 4.78 is 0. The Morgan fingerprint density at radius 2 is 2.08 bits per heavy atom. The summed E-state index contributed by atoms with van der Waals surface area (Å²) in [6.07, 6.45) is 5.73. The summed E-state index contributed by atoms with van der Waals surface area (Å²) in [5, 5.41) is 2.97. The van der Waals surface area contributed by atoms with Crippen LogP contribution in [0, 0.1) is 6.92 Å². The fourth-order valence-corrected chi connectivity index (χ4v) is 4.49. The molecular formula is C18H17N3OS2. The van der Waals surface area contributed by atoms with Gasteiger partial charge in [-0.25, -0.2) is 4.98 Å². The van der Waals surface area contributed by atoms with Gasteiger partial charge in [0.25, 0.3) is 5.91 Å². The van der Waals surface area contributed by atoms with Crippen LogP contribution >= 0.6 is 22.7 Å². The van der Waals surface area contributed by atoms with Crippen LogP contribution in [0.15, 0.2) is 42.0 Å². The lowest BCUT2D eigenvalue weighted by molar-refractivity contribution is 0.0734. The third-order valence-electron chi connectivity index (χ3n) is 4.07. The Morgan fingerprint density at radius 1 is 1.29 bits per heavy atom. The molecule has 24 heavy (non-hydrogen) atoms. The van der Waals surface area contributed by atoms with E-state index < -0.39 is 0 Å². The molecule has 0 atom stereocenters. The van der Waals surface area contributed by atoms with Crippen LogP contribution in [0.4, 0.5) is 0 Å². The van der Waals surface area contributed by atoms with Crippen molar-refractivity contribution in [2.24, 2.45) is 0 Å². The predicted molar refractivity (Wildman–Crippen MR) is 97.3 cm³/mol. The number of hydrogen-bond donors (Lipinski definition) is 0. The second-order valence-corrected chi connectivity index (χ2v) is 7.88. The molecule has 0 N–H and O–H groups in total. The van der Waals surface area contributed by atoms with Gasteiger partial charge in [-0.1, -0.05) is 6.07 Å². The minimum Gasteiger partial charge on any atom is -0.331 e. The fourth-order valence-electron chi connectivity index (χ4n) is 2.67. The molecule has 3 aromatic rings. The smallest absolute Gasteiger partial charge is 0.266 e. The number of amides is 1. The van der Waals surface area contributed by atoms with Gasteiger partial charge >= 0.3 is 0 Å². The SMILES string of the molecule is Cc1nc(-c2cccs2)sc1C(=O)N(Cc1ccncc1)C1CC1. The first kappa shape index (κ1) is 15.5. The molecule has 0 bridgehead atoms. The maximum Gasteiger partial charge on any atom is 0.266 e. The molecule has 1 amide bonds. The van der Waals surface area contributed by atoms with Crippen molar-refractivity contribution in [1.29, 1.82) is 0 Å². The summed E-state index contributed by atoms with van der Waals surface area (Å²) >= 11 is 3.16. The Morgan fingerprint density at radius 3 is 2.75 bits per heavy atom. The number of carbonyl (C=O) groups excluding carboxylic acids is 1. The van der Waals surface area contributed by atoms with Gasteiger partial charge in [0.15, 0.2) is 0 Å².